The second kappa shape index (κ2) is 7.78. The molecule has 0 atom stereocenters. The van der Waals surface area contributed by atoms with Crippen LogP contribution in [0, 0.1) is 0 Å². The van der Waals surface area contributed by atoms with Gasteiger partial charge in [-0.3, -0.25) is 9.59 Å². The summed E-state index contributed by atoms with van der Waals surface area (Å²) < 4.78 is 5.03. The number of methoxy groups -OCH3 is 1. The van der Waals surface area contributed by atoms with Crippen molar-refractivity contribution >= 4 is 11.8 Å². The predicted molar refractivity (Wildman–Crippen MR) is 79.9 cm³/mol. The molecule has 0 bridgehead atoms. The van der Waals surface area contributed by atoms with E-state index in [2.05, 4.69) is 5.32 Å². The van der Waals surface area contributed by atoms with Crippen LogP contribution in [0.4, 0.5) is 0 Å². The van der Waals surface area contributed by atoms with Gasteiger partial charge in [0.1, 0.15) is 0 Å². The van der Waals surface area contributed by atoms with Crippen LogP contribution in [0.15, 0.2) is 24.3 Å². The van der Waals surface area contributed by atoms with Crippen LogP contribution < -0.4 is 5.32 Å². The van der Waals surface area contributed by atoms with Crippen LogP contribution >= 0.6 is 0 Å². The predicted octanol–water partition coefficient (Wildman–Crippen LogP) is 1.58. The molecule has 1 aliphatic rings. The number of amides is 2. The average Bonchev–Trinajstić information content (AvgIpc) is 3.02. The molecule has 2 rings (SSSR count). The van der Waals surface area contributed by atoms with E-state index in [-0.39, 0.29) is 11.8 Å². The highest BCUT2D eigenvalue weighted by atomic mass is 16.5. The number of likely N-dealkylation sites (tertiary alicyclic amines) is 1. The third-order valence-electron chi connectivity index (χ3n) is 3.61. The normalized spacial score (nSPS) is 14.2. The van der Waals surface area contributed by atoms with Crippen molar-refractivity contribution in [3.63, 3.8) is 0 Å². The van der Waals surface area contributed by atoms with Gasteiger partial charge in [0, 0.05) is 38.7 Å². The minimum Gasteiger partial charge on any atom is -0.380 e. The largest absolute Gasteiger partial charge is 0.380 e. The Labute approximate surface area is 125 Å². The number of carbonyl (C=O) groups excluding carboxylic acids is 2. The summed E-state index contributed by atoms with van der Waals surface area (Å²) in [6, 6.07) is 7.28. The fourth-order valence-electron chi connectivity index (χ4n) is 2.43. The van der Waals surface area contributed by atoms with Crippen molar-refractivity contribution in [2.75, 3.05) is 26.7 Å². The lowest BCUT2D eigenvalue weighted by Gasteiger charge is -2.15. The minimum absolute atomic E-state index is 0.128. The molecule has 21 heavy (non-hydrogen) atoms. The van der Waals surface area contributed by atoms with Crippen molar-refractivity contribution in [1.82, 2.24) is 10.2 Å². The molecule has 0 saturated carbocycles. The van der Waals surface area contributed by atoms with Gasteiger partial charge < -0.3 is 15.0 Å². The smallest absolute Gasteiger partial charge is 0.251 e. The zero-order chi connectivity index (χ0) is 15.1. The van der Waals surface area contributed by atoms with Crippen molar-refractivity contribution in [3.05, 3.63) is 35.4 Å². The molecule has 0 spiro atoms. The Bertz CT molecular complexity index is 479. The quantitative estimate of drug-likeness (QED) is 0.865. The molecule has 1 aliphatic heterocycles. The summed E-state index contributed by atoms with van der Waals surface area (Å²) in [5.74, 6) is -0.0172. The highest BCUT2D eigenvalue weighted by molar-refractivity contribution is 5.94. The summed E-state index contributed by atoms with van der Waals surface area (Å²) in [7, 11) is 1.64. The van der Waals surface area contributed by atoms with Gasteiger partial charge in [-0.2, -0.15) is 0 Å². The summed E-state index contributed by atoms with van der Waals surface area (Å²) >= 11 is 0. The van der Waals surface area contributed by atoms with E-state index in [4.69, 9.17) is 4.74 Å². The number of benzene rings is 1. The minimum atomic E-state index is -0.145. The second-order valence-corrected chi connectivity index (χ2v) is 5.22. The average molecular weight is 290 g/mol. The molecule has 1 N–H and O–H groups in total. The molecule has 5 heteroatoms. The lowest BCUT2D eigenvalue weighted by atomic mass is 10.1. The van der Waals surface area contributed by atoms with E-state index in [1.165, 1.54) is 0 Å². The molecule has 114 valence electrons. The summed E-state index contributed by atoms with van der Waals surface area (Å²) in [6.45, 7) is 2.63. The zero-order valence-electron chi connectivity index (χ0n) is 12.4. The van der Waals surface area contributed by atoms with Crippen molar-refractivity contribution in [2.24, 2.45) is 0 Å². The third kappa shape index (κ3) is 4.56. The van der Waals surface area contributed by atoms with Crippen LogP contribution in [0.25, 0.3) is 0 Å². The molecule has 0 radical (unpaired) electrons. The molecule has 1 aromatic rings. The first kappa shape index (κ1) is 15.5. The van der Waals surface area contributed by atoms with E-state index in [1.54, 1.807) is 19.2 Å². The highest BCUT2D eigenvalue weighted by Gasteiger charge is 2.17. The monoisotopic (exact) mass is 290 g/mol. The maximum Gasteiger partial charge on any atom is 0.251 e. The van der Waals surface area contributed by atoms with Crippen molar-refractivity contribution in [2.45, 2.75) is 25.9 Å². The van der Waals surface area contributed by atoms with Crippen LogP contribution in [-0.4, -0.2) is 43.5 Å². The van der Waals surface area contributed by atoms with Gasteiger partial charge in [-0.15, -0.1) is 0 Å². The molecule has 1 saturated heterocycles. The second-order valence-electron chi connectivity index (χ2n) is 5.22. The van der Waals surface area contributed by atoms with Gasteiger partial charge in [0.05, 0.1) is 6.61 Å². The number of nitrogens with zero attached hydrogens (tertiary/aromatic N) is 1. The Kier molecular flexibility index (Phi) is 5.75. The molecule has 0 aromatic heterocycles. The summed E-state index contributed by atoms with van der Waals surface area (Å²) in [6.07, 6.45) is 2.55. The molecule has 0 unspecified atom stereocenters. The number of carbonyl (C=O) groups is 2. The van der Waals surface area contributed by atoms with Gasteiger partial charge in [0.15, 0.2) is 0 Å². The molecule has 2 amide bonds. The van der Waals surface area contributed by atoms with Crippen LogP contribution in [-0.2, 0) is 16.1 Å². The molecular formula is C16H22N2O3. The van der Waals surface area contributed by atoms with Gasteiger partial charge >= 0.3 is 0 Å². The van der Waals surface area contributed by atoms with Gasteiger partial charge in [-0.05, 0) is 30.5 Å². The summed E-state index contributed by atoms with van der Waals surface area (Å²) in [4.78, 5) is 25.7. The van der Waals surface area contributed by atoms with Crippen LogP contribution in [0.1, 0.15) is 35.2 Å². The molecule has 1 fully saturated rings. The maximum atomic E-state index is 11.9. The van der Waals surface area contributed by atoms with Gasteiger partial charge in [-0.1, -0.05) is 12.1 Å². The Hall–Kier alpha value is -1.88. The van der Waals surface area contributed by atoms with Crippen molar-refractivity contribution in [1.29, 1.82) is 0 Å². The molecular weight excluding hydrogens is 268 g/mol. The van der Waals surface area contributed by atoms with E-state index in [9.17, 15) is 9.59 Å². The Morgan fingerprint density at radius 2 is 1.86 bits per heavy atom. The lowest BCUT2D eigenvalue weighted by molar-refractivity contribution is -0.129. The first-order chi connectivity index (χ1) is 10.2. The van der Waals surface area contributed by atoms with Crippen LogP contribution in [0.3, 0.4) is 0 Å². The fourth-order valence-corrected chi connectivity index (χ4v) is 2.43. The van der Waals surface area contributed by atoms with Gasteiger partial charge in [-0.25, -0.2) is 0 Å². The SMILES string of the molecule is COCc1ccc(C(=O)NCCC(=O)N2CCCC2)cc1. The van der Waals surface area contributed by atoms with Crippen LogP contribution in [0.2, 0.25) is 0 Å². The maximum absolute atomic E-state index is 11.9. The molecule has 1 heterocycles. The number of hydrogen-bond donors (Lipinski definition) is 1. The topological polar surface area (TPSA) is 58.6 Å². The van der Waals surface area contributed by atoms with E-state index in [0.29, 0.717) is 25.1 Å². The summed E-state index contributed by atoms with van der Waals surface area (Å²) in [5, 5.41) is 2.79. The molecule has 5 nitrogen and oxygen atoms in total. The lowest BCUT2D eigenvalue weighted by Crippen LogP contribution is -2.32. The van der Waals surface area contributed by atoms with E-state index in [0.717, 1.165) is 31.5 Å². The Morgan fingerprint density at radius 1 is 1.19 bits per heavy atom. The third-order valence-corrected chi connectivity index (χ3v) is 3.61. The van der Waals surface area contributed by atoms with Gasteiger partial charge in [0.2, 0.25) is 5.91 Å². The first-order valence-corrected chi connectivity index (χ1v) is 7.34. The number of hydrogen-bond acceptors (Lipinski definition) is 3. The Morgan fingerprint density at radius 3 is 2.48 bits per heavy atom. The first-order valence-electron chi connectivity index (χ1n) is 7.34. The zero-order valence-corrected chi connectivity index (χ0v) is 12.4. The van der Waals surface area contributed by atoms with E-state index in [1.807, 2.05) is 17.0 Å². The molecule has 1 aromatic carbocycles. The molecule has 0 aliphatic carbocycles. The fraction of sp³-hybridized carbons (Fsp3) is 0.500. The number of rotatable bonds is 6. The standard InChI is InChI=1S/C16H22N2O3/c1-21-12-13-4-6-14(7-5-13)16(20)17-9-8-15(19)18-10-2-3-11-18/h4-7H,2-3,8-12H2,1H3,(H,17,20). The van der Waals surface area contributed by atoms with E-state index >= 15 is 0 Å². The number of nitrogens with one attached hydrogen (secondary N) is 1. The van der Waals surface area contributed by atoms with Gasteiger partial charge in [0.25, 0.3) is 5.91 Å². The van der Waals surface area contributed by atoms with Crippen molar-refractivity contribution < 1.29 is 14.3 Å². The van der Waals surface area contributed by atoms with Crippen molar-refractivity contribution in [3.8, 4) is 0 Å². The Balaban J connectivity index is 1.74. The van der Waals surface area contributed by atoms with E-state index < -0.39 is 0 Å². The highest BCUT2D eigenvalue weighted by Crippen LogP contribution is 2.09. The van der Waals surface area contributed by atoms with Crippen LogP contribution in [0.5, 0.6) is 0 Å². The number of ether oxygens (including phenoxy) is 1. The summed E-state index contributed by atoms with van der Waals surface area (Å²) in [5.41, 5.74) is 1.63.